The number of hydrogen-bond acceptors (Lipinski definition) is 2. The quantitative estimate of drug-likeness (QED) is 0.825. The maximum Gasteiger partial charge on any atom is 0.337 e. The highest BCUT2D eigenvalue weighted by Crippen LogP contribution is 2.29. The van der Waals surface area contributed by atoms with E-state index in [4.69, 9.17) is 5.11 Å². The van der Waals surface area contributed by atoms with Crippen LogP contribution in [-0.2, 0) is 0 Å². The smallest absolute Gasteiger partial charge is 0.337 e. The van der Waals surface area contributed by atoms with Gasteiger partial charge in [0.05, 0.1) is 5.56 Å². The first kappa shape index (κ1) is 13.6. The first-order chi connectivity index (χ1) is 7.52. The number of carboxylic acids is 1. The Morgan fingerprint density at radius 2 is 2.19 bits per heavy atom. The molecule has 0 spiro atoms. The van der Waals surface area contributed by atoms with Gasteiger partial charge in [0.1, 0.15) is 0 Å². The van der Waals surface area contributed by atoms with Crippen LogP contribution in [0.4, 0.5) is 0 Å². The van der Waals surface area contributed by atoms with E-state index in [0.29, 0.717) is 16.0 Å². The van der Waals surface area contributed by atoms with E-state index in [2.05, 4.69) is 29.8 Å². The monoisotopic (exact) mass is 302 g/mol. The molecule has 0 saturated carbocycles. The molecule has 0 aliphatic heterocycles. The Hall–Kier alpha value is -0.480. The van der Waals surface area contributed by atoms with Crippen molar-refractivity contribution in [3.05, 3.63) is 28.2 Å². The summed E-state index contributed by atoms with van der Waals surface area (Å²) in [6, 6.07) is 5.49. The minimum Gasteiger partial charge on any atom is -0.478 e. The van der Waals surface area contributed by atoms with Gasteiger partial charge in [0.25, 0.3) is 0 Å². The molecule has 0 saturated heterocycles. The molecule has 4 heteroatoms. The van der Waals surface area contributed by atoms with Gasteiger partial charge in [-0.1, -0.05) is 19.9 Å². The number of halogens is 1. The lowest BCUT2D eigenvalue weighted by Crippen LogP contribution is -2.01. The average Bonchev–Trinajstić information content (AvgIpc) is 2.16. The Morgan fingerprint density at radius 1 is 1.50 bits per heavy atom. The number of aromatic carboxylic acids is 1. The van der Waals surface area contributed by atoms with Crippen molar-refractivity contribution < 1.29 is 9.90 Å². The van der Waals surface area contributed by atoms with Crippen LogP contribution >= 0.6 is 27.7 Å². The van der Waals surface area contributed by atoms with Gasteiger partial charge in [-0.15, -0.1) is 11.8 Å². The third kappa shape index (κ3) is 3.83. The molecular weight excluding hydrogens is 288 g/mol. The second-order valence-electron chi connectivity index (χ2n) is 3.95. The van der Waals surface area contributed by atoms with E-state index < -0.39 is 5.97 Å². The largest absolute Gasteiger partial charge is 0.478 e. The van der Waals surface area contributed by atoms with Crippen LogP contribution < -0.4 is 0 Å². The van der Waals surface area contributed by atoms with Gasteiger partial charge in [0.2, 0.25) is 0 Å². The molecule has 0 atom stereocenters. The molecule has 0 aromatic heterocycles. The van der Waals surface area contributed by atoms with Crippen LogP contribution in [0.3, 0.4) is 0 Å². The number of carbonyl (C=O) groups is 1. The first-order valence-electron chi connectivity index (χ1n) is 5.17. The van der Waals surface area contributed by atoms with E-state index >= 15 is 0 Å². The zero-order valence-corrected chi connectivity index (χ0v) is 11.8. The molecule has 1 aromatic rings. The summed E-state index contributed by atoms with van der Waals surface area (Å²) in [7, 11) is 0. The van der Waals surface area contributed by atoms with E-state index in [1.54, 1.807) is 17.8 Å². The predicted octanol–water partition coefficient (Wildman–Crippen LogP) is 4.29. The lowest BCUT2D eigenvalue weighted by Gasteiger charge is -2.08. The number of hydrogen-bond donors (Lipinski definition) is 1. The predicted molar refractivity (Wildman–Crippen MR) is 71.3 cm³/mol. The molecule has 0 aliphatic carbocycles. The summed E-state index contributed by atoms with van der Waals surface area (Å²) >= 11 is 4.88. The molecule has 0 heterocycles. The van der Waals surface area contributed by atoms with Gasteiger partial charge in [-0.3, -0.25) is 0 Å². The summed E-state index contributed by atoms with van der Waals surface area (Å²) in [5.74, 6) is 0.724. The molecule has 0 fully saturated rings. The molecule has 0 bridgehead atoms. The van der Waals surface area contributed by atoms with Crippen molar-refractivity contribution in [3.63, 3.8) is 0 Å². The molecule has 1 aromatic carbocycles. The third-order valence-electron chi connectivity index (χ3n) is 2.14. The standard InChI is InChI=1S/C12H15BrO2S/c1-8(2)6-7-16-10-5-3-4-9(13)11(10)12(14)15/h3-5,8H,6-7H2,1-2H3,(H,14,15). The zero-order valence-electron chi connectivity index (χ0n) is 9.37. The zero-order chi connectivity index (χ0) is 12.1. The fraction of sp³-hybridized carbons (Fsp3) is 0.417. The van der Waals surface area contributed by atoms with E-state index in [0.717, 1.165) is 17.1 Å². The summed E-state index contributed by atoms with van der Waals surface area (Å²) < 4.78 is 0.648. The Bertz CT molecular complexity index is 377. The van der Waals surface area contributed by atoms with Crippen molar-refractivity contribution in [2.24, 2.45) is 5.92 Å². The highest BCUT2D eigenvalue weighted by Gasteiger charge is 2.13. The fourth-order valence-electron chi connectivity index (χ4n) is 1.24. The lowest BCUT2D eigenvalue weighted by atomic mass is 10.2. The van der Waals surface area contributed by atoms with Crippen LogP contribution in [0.1, 0.15) is 30.6 Å². The number of benzene rings is 1. The normalized spacial score (nSPS) is 10.8. The minimum absolute atomic E-state index is 0.372. The Labute approximate surface area is 109 Å². The second-order valence-corrected chi connectivity index (χ2v) is 5.94. The molecule has 0 radical (unpaired) electrons. The maximum atomic E-state index is 11.1. The molecule has 88 valence electrons. The van der Waals surface area contributed by atoms with E-state index in [1.807, 2.05) is 12.1 Å². The first-order valence-corrected chi connectivity index (χ1v) is 6.95. The topological polar surface area (TPSA) is 37.3 Å². The summed E-state index contributed by atoms with van der Waals surface area (Å²) in [6.45, 7) is 4.33. The van der Waals surface area contributed by atoms with Crippen LogP contribution in [-0.4, -0.2) is 16.8 Å². The summed E-state index contributed by atoms with van der Waals surface area (Å²) in [6.07, 6.45) is 1.09. The molecule has 0 aliphatic rings. The number of rotatable bonds is 5. The molecule has 0 unspecified atom stereocenters. The van der Waals surface area contributed by atoms with Crippen molar-refractivity contribution in [1.29, 1.82) is 0 Å². The molecule has 16 heavy (non-hydrogen) atoms. The van der Waals surface area contributed by atoms with Crippen molar-refractivity contribution in [3.8, 4) is 0 Å². The van der Waals surface area contributed by atoms with E-state index in [1.165, 1.54) is 0 Å². The molecule has 2 nitrogen and oxygen atoms in total. The van der Waals surface area contributed by atoms with Crippen LogP contribution in [0.2, 0.25) is 0 Å². The second kappa shape index (κ2) is 6.30. The summed E-state index contributed by atoms with van der Waals surface area (Å²) in [5.41, 5.74) is 0.372. The van der Waals surface area contributed by atoms with Crippen molar-refractivity contribution >= 4 is 33.7 Å². The Kier molecular flexibility index (Phi) is 5.35. The molecular formula is C12H15BrO2S. The summed E-state index contributed by atoms with van der Waals surface area (Å²) in [5, 5.41) is 9.11. The van der Waals surface area contributed by atoms with E-state index in [9.17, 15) is 4.79 Å². The fourth-order valence-corrected chi connectivity index (χ4v) is 3.23. The Balaban J connectivity index is 2.79. The van der Waals surface area contributed by atoms with Crippen LogP contribution in [0, 0.1) is 5.92 Å². The van der Waals surface area contributed by atoms with Crippen LogP contribution in [0.15, 0.2) is 27.6 Å². The Morgan fingerprint density at radius 3 is 2.75 bits per heavy atom. The molecule has 1 rings (SSSR count). The van der Waals surface area contributed by atoms with Gasteiger partial charge >= 0.3 is 5.97 Å². The average molecular weight is 303 g/mol. The van der Waals surface area contributed by atoms with Gasteiger partial charge in [0.15, 0.2) is 0 Å². The highest BCUT2D eigenvalue weighted by molar-refractivity contribution is 9.10. The van der Waals surface area contributed by atoms with Gasteiger partial charge in [-0.05, 0) is 46.2 Å². The third-order valence-corrected chi connectivity index (χ3v) is 3.89. The number of carboxylic acid groups (broad SMARTS) is 1. The molecule has 0 amide bonds. The van der Waals surface area contributed by atoms with Gasteiger partial charge in [-0.2, -0.15) is 0 Å². The van der Waals surface area contributed by atoms with Crippen molar-refractivity contribution in [2.75, 3.05) is 5.75 Å². The highest BCUT2D eigenvalue weighted by atomic mass is 79.9. The van der Waals surface area contributed by atoms with Crippen LogP contribution in [0.5, 0.6) is 0 Å². The van der Waals surface area contributed by atoms with Gasteiger partial charge < -0.3 is 5.11 Å². The maximum absolute atomic E-state index is 11.1. The number of thioether (sulfide) groups is 1. The minimum atomic E-state index is -0.875. The summed E-state index contributed by atoms with van der Waals surface area (Å²) in [4.78, 5) is 11.9. The lowest BCUT2D eigenvalue weighted by molar-refractivity contribution is 0.0692. The van der Waals surface area contributed by atoms with Crippen molar-refractivity contribution in [2.45, 2.75) is 25.2 Å². The SMILES string of the molecule is CC(C)CCSc1cccc(Br)c1C(=O)O. The molecule has 1 N–H and O–H groups in total. The van der Waals surface area contributed by atoms with Gasteiger partial charge in [-0.25, -0.2) is 4.79 Å². The van der Waals surface area contributed by atoms with Crippen LogP contribution in [0.25, 0.3) is 0 Å². The van der Waals surface area contributed by atoms with Gasteiger partial charge in [0, 0.05) is 9.37 Å². The van der Waals surface area contributed by atoms with Crippen molar-refractivity contribution in [1.82, 2.24) is 0 Å². The van der Waals surface area contributed by atoms with E-state index in [-0.39, 0.29) is 0 Å².